The zero-order chi connectivity index (χ0) is 26.6. The van der Waals surface area contributed by atoms with E-state index in [1.165, 1.54) is 27.1 Å². The molecule has 0 saturated heterocycles. The number of pyridine rings is 1. The minimum absolute atomic E-state index is 0.625. The van der Waals surface area contributed by atoms with Gasteiger partial charge in [-0.1, -0.05) is 91.0 Å². The van der Waals surface area contributed by atoms with Crippen LogP contribution in [0.25, 0.3) is 71.2 Å². The van der Waals surface area contributed by atoms with E-state index >= 15 is 0 Å². The van der Waals surface area contributed by atoms with Gasteiger partial charge in [0.05, 0.1) is 34.3 Å². The lowest BCUT2D eigenvalue weighted by atomic mass is 10.1. The Morgan fingerprint density at radius 1 is 0.525 bits per heavy atom. The number of hydrogen-bond acceptors (Lipinski definition) is 1. The highest BCUT2D eigenvalue weighted by Crippen LogP contribution is 2.41. The van der Waals surface area contributed by atoms with Crippen molar-refractivity contribution in [3.8, 4) is 22.8 Å². The number of hydrogen-bond donors (Lipinski definition) is 0. The SMILES string of the molecule is [C-]#[N+]c1ccc(-c2cccc(-n3c4ccccc4c4ccc5c(c6ccccc6n5-c5ccccc5)c43)n2)cc1. The smallest absolute Gasteiger partial charge is 0.187 e. The third kappa shape index (κ3) is 3.22. The van der Waals surface area contributed by atoms with Crippen molar-refractivity contribution < 1.29 is 0 Å². The summed E-state index contributed by atoms with van der Waals surface area (Å²) in [6.07, 6.45) is 0. The molecule has 8 aromatic rings. The maximum atomic E-state index is 7.29. The Morgan fingerprint density at radius 3 is 2.00 bits per heavy atom. The fourth-order valence-corrected chi connectivity index (χ4v) is 6.02. The van der Waals surface area contributed by atoms with Crippen molar-refractivity contribution in [2.45, 2.75) is 0 Å². The molecule has 0 aliphatic rings. The number of aromatic nitrogens is 3. The molecule has 0 N–H and O–H groups in total. The Kier molecular flexibility index (Phi) is 4.85. The van der Waals surface area contributed by atoms with Gasteiger partial charge in [0.2, 0.25) is 0 Å². The zero-order valence-corrected chi connectivity index (χ0v) is 21.5. The van der Waals surface area contributed by atoms with Crippen LogP contribution in [0.15, 0.2) is 133 Å². The molecule has 0 fully saturated rings. The van der Waals surface area contributed by atoms with Crippen LogP contribution >= 0.6 is 0 Å². The van der Waals surface area contributed by atoms with Crippen LogP contribution in [0.4, 0.5) is 5.69 Å². The lowest BCUT2D eigenvalue weighted by molar-refractivity contribution is 1.09. The largest absolute Gasteiger partial charge is 0.309 e. The summed E-state index contributed by atoms with van der Waals surface area (Å²) in [4.78, 5) is 8.70. The second kappa shape index (κ2) is 8.69. The second-order valence-corrected chi connectivity index (χ2v) is 9.94. The number of nitrogens with zero attached hydrogens (tertiary/aromatic N) is 4. The first-order valence-corrected chi connectivity index (χ1v) is 13.3. The normalized spacial score (nSPS) is 11.5. The fourth-order valence-electron chi connectivity index (χ4n) is 6.02. The molecule has 8 rings (SSSR count). The molecule has 0 amide bonds. The van der Waals surface area contributed by atoms with Crippen LogP contribution in [0.1, 0.15) is 0 Å². The van der Waals surface area contributed by atoms with Crippen molar-refractivity contribution in [2.75, 3.05) is 0 Å². The van der Waals surface area contributed by atoms with Crippen LogP contribution in [0, 0.1) is 6.57 Å². The molecule has 4 heteroatoms. The van der Waals surface area contributed by atoms with E-state index in [0.717, 1.165) is 39.3 Å². The molecule has 0 radical (unpaired) electrons. The van der Waals surface area contributed by atoms with Crippen molar-refractivity contribution in [3.05, 3.63) is 145 Å². The summed E-state index contributed by atoms with van der Waals surface area (Å²) in [5.41, 5.74) is 8.23. The summed E-state index contributed by atoms with van der Waals surface area (Å²) in [7, 11) is 0. The van der Waals surface area contributed by atoms with E-state index in [-0.39, 0.29) is 0 Å². The van der Waals surface area contributed by atoms with Gasteiger partial charge in [0.1, 0.15) is 5.82 Å². The molecule has 4 nitrogen and oxygen atoms in total. The first-order chi connectivity index (χ1) is 19.8. The number of rotatable bonds is 3. The third-order valence-electron chi connectivity index (χ3n) is 7.74. The minimum atomic E-state index is 0.625. The zero-order valence-electron chi connectivity index (χ0n) is 21.5. The van der Waals surface area contributed by atoms with Gasteiger partial charge < -0.3 is 4.57 Å². The molecule has 5 aromatic carbocycles. The average Bonchev–Trinajstić information content (AvgIpc) is 3.54. The molecule has 0 bridgehead atoms. The number of benzene rings is 5. The van der Waals surface area contributed by atoms with Crippen LogP contribution in [0.3, 0.4) is 0 Å². The summed E-state index contributed by atoms with van der Waals surface area (Å²) in [6.45, 7) is 7.29. The minimum Gasteiger partial charge on any atom is -0.309 e. The van der Waals surface area contributed by atoms with Crippen LogP contribution in [-0.2, 0) is 0 Å². The Hall–Kier alpha value is -5.66. The Morgan fingerprint density at radius 2 is 1.23 bits per heavy atom. The molecule has 40 heavy (non-hydrogen) atoms. The van der Waals surface area contributed by atoms with Gasteiger partial charge in [-0.2, -0.15) is 0 Å². The molecule has 186 valence electrons. The van der Waals surface area contributed by atoms with Crippen molar-refractivity contribution in [1.29, 1.82) is 0 Å². The van der Waals surface area contributed by atoms with E-state index in [2.05, 4.69) is 117 Å². The first kappa shape index (κ1) is 22.3. The maximum absolute atomic E-state index is 7.29. The van der Waals surface area contributed by atoms with Gasteiger partial charge in [0.25, 0.3) is 0 Å². The lowest BCUT2D eigenvalue weighted by Gasteiger charge is -2.11. The predicted molar refractivity (Wildman–Crippen MR) is 165 cm³/mol. The lowest BCUT2D eigenvalue weighted by Crippen LogP contribution is -1.99. The third-order valence-corrected chi connectivity index (χ3v) is 7.74. The van der Waals surface area contributed by atoms with Crippen LogP contribution in [-0.4, -0.2) is 14.1 Å². The van der Waals surface area contributed by atoms with Crippen molar-refractivity contribution in [3.63, 3.8) is 0 Å². The fraction of sp³-hybridized carbons (Fsp3) is 0. The molecule has 0 spiro atoms. The number of fused-ring (bicyclic) bond motifs is 7. The van der Waals surface area contributed by atoms with Gasteiger partial charge in [-0.05, 0) is 48.0 Å². The number of para-hydroxylation sites is 3. The second-order valence-electron chi connectivity index (χ2n) is 9.94. The molecule has 0 saturated carbocycles. The predicted octanol–water partition coefficient (Wildman–Crippen LogP) is 9.49. The van der Waals surface area contributed by atoms with Crippen LogP contribution < -0.4 is 0 Å². The van der Waals surface area contributed by atoms with E-state index in [1.807, 2.05) is 30.3 Å². The van der Waals surface area contributed by atoms with Crippen molar-refractivity contribution >= 4 is 49.3 Å². The van der Waals surface area contributed by atoms with E-state index < -0.39 is 0 Å². The summed E-state index contributed by atoms with van der Waals surface area (Å²) >= 11 is 0. The summed E-state index contributed by atoms with van der Waals surface area (Å²) in [5, 5.41) is 4.82. The molecular formula is C36H22N4. The van der Waals surface area contributed by atoms with Crippen LogP contribution in [0.2, 0.25) is 0 Å². The van der Waals surface area contributed by atoms with E-state index in [9.17, 15) is 0 Å². The molecule has 3 aromatic heterocycles. The molecule has 0 atom stereocenters. The molecule has 0 unspecified atom stereocenters. The highest BCUT2D eigenvalue weighted by molar-refractivity contribution is 6.26. The summed E-state index contributed by atoms with van der Waals surface area (Å²) in [6, 6.07) is 46.1. The summed E-state index contributed by atoms with van der Waals surface area (Å²) in [5.74, 6) is 0.863. The van der Waals surface area contributed by atoms with E-state index in [4.69, 9.17) is 11.6 Å². The van der Waals surface area contributed by atoms with Gasteiger partial charge in [0.15, 0.2) is 5.69 Å². The van der Waals surface area contributed by atoms with Gasteiger partial charge >= 0.3 is 0 Å². The van der Waals surface area contributed by atoms with Crippen molar-refractivity contribution in [1.82, 2.24) is 14.1 Å². The molecule has 3 heterocycles. The van der Waals surface area contributed by atoms with Crippen molar-refractivity contribution in [2.24, 2.45) is 0 Å². The molecular weight excluding hydrogens is 488 g/mol. The van der Waals surface area contributed by atoms with Gasteiger partial charge in [0, 0.05) is 27.2 Å². The first-order valence-electron chi connectivity index (χ1n) is 13.3. The van der Waals surface area contributed by atoms with Gasteiger partial charge in [-0.3, -0.25) is 4.57 Å². The molecule has 0 aliphatic carbocycles. The summed E-state index contributed by atoms with van der Waals surface area (Å²) < 4.78 is 4.67. The maximum Gasteiger partial charge on any atom is 0.187 e. The Balaban J connectivity index is 1.50. The van der Waals surface area contributed by atoms with E-state index in [1.54, 1.807) is 0 Å². The topological polar surface area (TPSA) is 27.1 Å². The quantitative estimate of drug-likeness (QED) is 0.217. The average molecular weight is 511 g/mol. The molecule has 0 aliphatic heterocycles. The monoisotopic (exact) mass is 510 g/mol. The van der Waals surface area contributed by atoms with Gasteiger partial charge in [-0.25, -0.2) is 9.83 Å². The highest BCUT2D eigenvalue weighted by atomic mass is 15.1. The van der Waals surface area contributed by atoms with Crippen LogP contribution in [0.5, 0.6) is 0 Å². The Bertz CT molecular complexity index is 2260. The van der Waals surface area contributed by atoms with E-state index in [0.29, 0.717) is 5.69 Å². The Labute approximate surface area is 230 Å². The highest BCUT2D eigenvalue weighted by Gasteiger charge is 2.21. The standard InChI is InChI=1S/C36H22N4/c1-37-25-20-18-24(19-21-25)30-14-9-17-34(38-30)40-31-15-7-5-12-27(31)28-22-23-33-35(36(28)40)29-13-6-8-16-32(29)39(33)26-10-3-2-4-11-26/h2-23H. The van der Waals surface area contributed by atoms with Gasteiger partial charge in [-0.15, -0.1) is 0 Å².